The van der Waals surface area contributed by atoms with Crippen LogP contribution in [0.25, 0.3) is 22.3 Å². The van der Waals surface area contributed by atoms with Crippen LogP contribution in [0, 0.1) is 12.3 Å². The quantitative estimate of drug-likeness (QED) is 0.0443. The topological polar surface area (TPSA) is 254 Å². The molecule has 3 aromatic heterocycles. The Balaban J connectivity index is 1.65. The third kappa shape index (κ3) is 11.9. The minimum absolute atomic E-state index is 0.0161. The summed E-state index contributed by atoms with van der Waals surface area (Å²) in [5.41, 5.74) is -6.86. The Kier molecular flexibility index (Phi) is 16.8. The van der Waals surface area contributed by atoms with Crippen LogP contribution in [0.2, 0.25) is 5.28 Å². The van der Waals surface area contributed by atoms with Gasteiger partial charge in [0.05, 0.1) is 26.1 Å². The van der Waals surface area contributed by atoms with Crippen molar-refractivity contribution in [2.24, 2.45) is 0 Å². The first-order valence-corrected chi connectivity index (χ1v) is 22.1. The van der Waals surface area contributed by atoms with Crippen molar-refractivity contribution in [3.8, 4) is 23.5 Å². The smallest absolute Gasteiger partial charge is 0.425 e. The summed E-state index contributed by atoms with van der Waals surface area (Å²) >= 11 is 6.47. The normalized spacial score (nSPS) is 18.1. The van der Waals surface area contributed by atoms with Gasteiger partial charge in [0.2, 0.25) is 17.0 Å². The van der Waals surface area contributed by atoms with E-state index in [0.717, 1.165) is 24.7 Å². The van der Waals surface area contributed by atoms with Crippen LogP contribution >= 0.6 is 11.6 Å². The lowest BCUT2D eigenvalue weighted by Gasteiger charge is -2.35. The Morgan fingerprint density at radius 1 is 0.900 bits per heavy atom. The fourth-order valence-electron chi connectivity index (χ4n) is 7.28. The highest BCUT2D eigenvalue weighted by atomic mass is 35.5. The molecule has 376 valence electrons. The molecule has 0 unspecified atom stereocenters. The fourth-order valence-corrected chi connectivity index (χ4v) is 7.44. The Morgan fingerprint density at radius 3 is 2.01 bits per heavy atom. The second-order valence-electron chi connectivity index (χ2n) is 17.6. The van der Waals surface area contributed by atoms with Crippen LogP contribution in [0.15, 0.2) is 53.7 Å². The Labute approximate surface area is 407 Å². The standard InChI is InChI=1S/C47H55ClN6O16/c1-13-46(68-28(5)56)32(24-65-47(39(58)63-14-2,40(59)64-15-3)23-29-18-20-30(21-19-29)31-17-16-22-52(26-62-12)37(31)57)67-38(34(46)66-27(4)55)53-25-49-33-35(53)50-41(48)51-36(33)54(42(60)69-44(6,7)8)43(61)70-45(9,10)11/h1,16-22,25,32,34,38H,14-15,23-24,26H2,2-12H3/t32-,34+,38-,46-/m1/s1. The molecule has 0 spiro atoms. The van der Waals surface area contributed by atoms with E-state index in [4.69, 9.17) is 60.7 Å². The number of imide groups is 1. The monoisotopic (exact) mass is 994 g/mol. The number of ether oxygens (including phenoxy) is 9. The van der Waals surface area contributed by atoms with Crippen molar-refractivity contribution in [1.82, 2.24) is 24.1 Å². The molecule has 0 radical (unpaired) electrons. The number of carbonyl (C=O) groups excluding carboxylic acids is 6. The minimum Gasteiger partial charge on any atom is -0.463 e. The molecule has 4 aromatic rings. The maximum Gasteiger partial charge on any atom is 0.425 e. The van der Waals surface area contributed by atoms with Crippen molar-refractivity contribution in [2.45, 2.75) is 123 Å². The van der Waals surface area contributed by atoms with Crippen molar-refractivity contribution in [3.63, 3.8) is 0 Å². The Bertz CT molecular complexity index is 2670. The zero-order valence-corrected chi connectivity index (χ0v) is 41.3. The third-order valence-electron chi connectivity index (χ3n) is 10.0. The van der Waals surface area contributed by atoms with E-state index in [1.807, 2.05) is 0 Å². The Hall–Kier alpha value is -6.93. The summed E-state index contributed by atoms with van der Waals surface area (Å²) in [6, 6.07) is 9.67. The molecular formula is C47H55ClN6O16. The zero-order valence-electron chi connectivity index (χ0n) is 40.6. The summed E-state index contributed by atoms with van der Waals surface area (Å²) in [5, 5.41) is -0.528. The largest absolute Gasteiger partial charge is 0.463 e. The Morgan fingerprint density at radius 2 is 1.50 bits per heavy atom. The van der Waals surface area contributed by atoms with E-state index in [1.54, 1.807) is 84.1 Å². The van der Waals surface area contributed by atoms with Gasteiger partial charge in [-0.15, -0.1) is 6.42 Å². The molecule has 23 heteroatoms. The van der Waals surface area contributed by atoms with E-state index in [2.05, 4.69) is 20.9 Å². The van der Waals surface area contributed by atoms with Crippen LogP contribution in [0.1, 0.15) is 81.0 Å². The average molecular weight is 995 g/mol. The van der Waals surface area contributed by atoms with Crippen molar-refractivity contribution < 1.29 is 71.4 Å². The molecule has 0 N–H and O–H groups in total. The van der Waals surface area contributed by atoms with Gasteiger partial charge in [0.15, 0.2) is 23.2 Å². The molecular weight excluding hydrogens is 940 g/mol. The number of hydrogen-bond donors (Lipinski definition) is 0. The molecule has 70 heavy (non-hydrogen) atoms. The van der Waals surface area contributed by atoms with Gasteiger partial charge < -0.3 is 42.6 Å². The number of hydrogen-bond acceptors (Lipinski definition) is 19. The number of fused-ring (bicyclic) bond motifs is 1. The van der Waals surface area contributed by atoms with E-state index in [9.17, 15) is 33.6 Å². The summed E-state index contributed by atoms with van der Waals surface area (Å²) in [6.07, 6.45) is 0.771. The van der Waals surface area contributed by atoms with E-state index in [1.165, 1.54) is 25.5 Å². The lowest BCUT2D eigenvalue weighted by atomic mass is 9.90. The van der Waals surface area contributed by atoms with Gasteiger partial charge in [-0.2, -0.15) is 14.9 Å². The van der Waals surface area contributed by atoms with Crippen LogP contribution in [0.4, 0.5) is 15.4 Å². The lowest BCUT2D eigenvalue weighted by Crippen LogP contribution is -2.57. The number of halogens is 1. The van der Waals surface area contributed by atoms with Crippen molar-refractivity contribution in [1.29, 1.82) is 0 Å². The van der Waals surface area contributed by atoms with Gasteiger partial charge in [-0.3, -0.25) is 23.5 Å². The molecule has 1 aromatic carbocycles. The first-order valence-electron chi connectivity index (χ1n) is 21.8. The minimum atomic E-state index is -2.59. The summed E-state index contributed by atoms with van der Waals surface area (Å²) in [6.45, 7) is 13.2. The van der Waals surface area contributed by atoms with Crippen LogP contribution in [-0.4, -0.2) is 122 Å². The van der Waals surface area contributed by atoms with Gasteiger partial charge in [-0.1, -0.05) is 30.2 Å². The highest BCUT2D eigenvalue weighted by Gasteiger charge is 2.63. The third-order valence-corrected chi connectivity index (χ3v) is 10.2. The van der Waals surface area contributed by atoms with E-state index < -0.39 is 101 Å². The molecule has 2 amide bonds. The van der Waals surface area contributed by atoms with Crippen molar-refractivity contribution in [3.05, 3.63) is 70.1 Å². The molecule has 4 atom stereocenters. The number of terminal acetylenes is 1. The van der Waals surface area contributed by atoms with E-state index in [-0.39, 0.29) is 36.7 Å². The van der Waals surface area contributed by atoms with Crippen LogP contribution in [-0.2, 0) is 75.0 Å². The number of amides is 2. The predicted molar refractivity (Wildman–Crippen MR) is 247 cm³/mol. The first kappa shape index (κ1) is 54.0. The van der Waals surface area contributed by atoms with Crippen LogP contribution in [0.3, 0.4) is 0 Å². The maximum atomic E-state index is 14.2. The zero-order chi connectivity index (χ0) is 51.9. The SMILES string of the molecule is C#C[C@@]1(OC(C)=O)[C@@H](COC(Cc2ccc(-c3cccn(COC)c3=O)cc2)(C(=O)OCC)C(=O)OCC)O[C@@H](n2cnc3c(N(C(=O)OC(C)(C)C)C(=O)OC(C)(C)C)nc(Cl)nc32)[C@@H]1OC(C)=O. The number of methoxy groups -OCH3 is 1. The summed E-state index contributed by atoms with van der Waals surface area (Å²) in [5.74, 6) is -2.37. The second-order valence-corrected chi connectivity index (χ2v) is 17.9. The van der Waals surface area contributed by atoms with Gasteiger partial charge in [-0.25, -0.2) is 24.2 Å². The predicted octanol–water partition coefficient (Wildman–Crippen LogP) is 5.48. The van der Waals surface area contributed by atoms with Crippen molar-refractivity contribution >= 4 is 64.6 Å². The molecule has 1 aliphatic rings. The number of carbonyl (C=O) groups is 6. The van der Waals surface area contributed by atoms with Gasteiger partial charge in [0.25, 0.3) is 11.2 Å². The summed E-state index contributed by atoms with van der Waals surface area (Å²) in [4.78, 5) is 108. The highest BCUT2D eigenvalue weighted by molar-refractivity contribution is 6.29. The molecule has 1 saturated heterocycles. The maximum absolute atomic E-state index is 14.2. The van der Waals surface area contributed by atoms with Gasteiger partial charge in [0.1, 0.15) is 24.0 Å². The molecule has 4 heterocycles. The highest BCUT2D eigenvalue weighted by Crippen LogP contribution is 2.44. The van der Waals surface area contributed by atoms with E-state index >= 15 is 0 Å². The number of imidazole rings is 1. The second kappa shape index (κ2) is 21.8. The summed E-state index contributed by atoms with van der Waals surface area (Å²) < 4.78 is 53.9. The first-order chi connectivity index (χ1) is 32.8. The van der Waals surface area contributed by atoms with Crippen LogP contribution in [0.5, 0.6) is 0 Å². The molecule has 0 aliphatic carbocycles. The lowest BCUT2D eigenvalue weighted by molar-refractivity contribution is -0.200. The molecule has 1 aliphatic heterocycles. The molecule has 22 nitrogen and oxygen atoms in total. The number of rotatable bonds is 16. The number of benzene rings is 1. The van der Waals surface area contributed by atoms with Crippen molar-refractivity contribution in [2.75, 3.05) is 31.8 Å². The molecule has 1 fully saturated rings. The summed E-state index contributed by atoms with van der Waals surface area (Å²) in [7, 11) is 1.45. The number of nitrogens with zero attached hydrogens (tertiary/aromatic N) is 6. The average Bonchev–Trinajstić information content (AvgIpc) is 3.80. The fraction of sp³-hybridized carbons (Fsp3) is 0.489. The number of anilines is 1. The molecule has 5 rings (SSSR count). The molecule has 0 bridgehead atoms. The van der Waals surface area contributed by atoms with Crippen LogP contribution < -0.4 is 10.5 Å². The number of aromatic nitrogens is 5. The van der Waals surface area contributed by atoms with Gasteiger partial charge in [-0.05, 0) is 90.3 Å². The van der Waals surface area contributed by atoms with E-state index in [0.29, 0.717) is 21.6 Å². The number of pyridine rings is 1. The van der Waals surface area contributed by atoms with Gasteiger partial charge >= 0.3 is 36.1 Å². The number of esters is 4. The molecule has 0 saturated carbocycles. The van der Waals surface area contributed by atoms with Gasteiger partial charge in [0, 0.05) is 39.1 Å².